The zero-order valence-electron chi connectivity index (χ0n) is 11.2. The lowest BCUT2D eigenvalue weighted by atomic mass is 9.48. The van der Waals surface area contributed by atoms with Crippen LogP contribution in [0.1, 0.15) is 44.1 Å². The molecular weight excluding hydrogens is 220 g/mol. The van der Waals surface area contributed by atoms with E-state index in [4.69, 9.17) is 4.74 Å². The Morgan fingerprint density at radius 2 is 1.39 bits per heavy atom. The predicted octanol–water partition coefficient (Wildman–Crippen LogP) is 4.16. The molecule has 5 rings (SSSR count). The monoisotopic (exact) mass is 242 g/mol. The van der Waals surface area contributed by atoms with Crippen LogP contribution in [-0.4, -0.2) is 7.11 Å². The van der Waals surface area contributed by atoms with Crippen molar-refractivity contribution in [1.82, 2.24) is 0 Å². The van der Waals surface area contributed by atoms with Crippen LogP contribution in [0.15, 0.2) is 24.3 Å². The summed E-state index contributed by atoms with van der Waals surface area (Å²) in [5.41, 5.74) is 2.11. The van der Waals surface area contributed by atoms with E-state index >= 15 is 0 Å². The van der Waals surface area contributed by atoms with Crippen LogP contribution < -0.4 is 4.74 Å². The Balaban J connectivity index is 1.70. The molecule has 4 saturated carbocycles. The van der Waals surface area contributed by atoms with E-state index in [1.54, 1.807) is 12.7 Å². The Bertz CT molecular complexity index is 410. The van der Waals surface area contributed by atoms with E-state index in [2.05, 4.69) is 24.3 Å². The number of ether oxygens (including phenoxy) is 1. The Morgan fingerprint density at radius 3 is 1.83 bits per heavy atom. The molecule has 0 aromatic heterocycles. The molecule has 18 heavy (non-hydrogen) atoms. The Hall–Kier alpha value is -0.980. The van der Waals surface area contributed by atoms with Gasteiger partial charge in [-0.2, -0.15) is 0 Å². The highest BCUT2D eigenvalue weighted by molar-refractivity contribution is 5.34. The van der Waals surface area contributed by atoms with Crippen molar-refractivity contribution in [1.29, 1.82) is 0 Å². The number of rotatable bonds is 2. The average Bonchev–Trinajstić information content (AvgIpc) is 2.37. The van der Waals surface area contributed by atoms with Crippen molar-refractivity contribution in [3.05, 3.63) is 29.8 Å². The molecule has 0 aliphatic heterocycles. The zero-order valence-corrected chi connectivity index (χ0v) is 11.2. The number of hydrogen-bond donors (Lipinski definition) is 0. The van der Waals surface area contributed by atoms with E-state index in [0.29, 0.717) is 5.41 Å². The molecule has 0 spiro atoms. The third-order valence-electron chi connectivity index (χ3n) is 5.74. The molecule has 1 heteroatoms. The van der Waals surface area contributed by atoms with Gasteiger partial charge in [0.1, 0.15) is 5.75 Å². The van der Waals surface area contributed by atoms with Gasteiger partial charge in [-0.15, -0.1) is 0 Å². The first-order valence-corrected chi connectivity index (χ1v) is 7.42. The minimum absolute atomic E-state index is 0.529. The number of benzene rings is 1. The molecule has 4 fully saturated rings. The second-order valence-corrected chi connectivity index (χ2v) is 6.93. The molecule has 0 heterocycles. The maximum atomic E-state index is 5.29. The molecule has 1 aromatic carbocycles. The lowest BCUT2D eigenvalue weighted by molar-refractivity contribution is -0.00520. The van der Waals surface area contributed by atoms with E-state index < -0.39 is 0 Å². The van der Waals surface area contributed by atoms with Gasteiger partial charge in [0.25, 0.3) is 0 Å². The Kier molecular flexibility index (Phi) is 2.27. The SMILES string of the molecule is COc1ccc(C23CC4CC(CC(C4)C2)C3)cc1. The van der Waals surface area contributed by atoms with Crippen LogP contribution in [0, 0.1) is 17.8 Å². The van der Waals surface area contributed by atoms with Crippen molar-refractivity contribution in [2.24, 2.45) is 17.8 Å². The molecule has 1 nitrogen and oxygen atoms in total. The van der Waals surface area contributed by atoms with Crippen LogP contribution in [0.2, 0.25) is 0 Å². The summed E-state index contributed by atoms with van der Waals surface area (Å²) in [6.07, 6.45) is 8.92. The molecule has 0 N–H and O–H groups in total. The molecule has 0 unspecified atom stereocenters. The third-order valence-corrected chi connectivity index (χ3v) is 5.74. The molecule has 1 aromatic rings. The van der Waals surface area contributed by atoms with Crippen molar-refractivity contribution in [3.63, 3.8) is 0 Å². The molecule has 96 valence electrons. The maximum absolute atomic E-state index is 5.29. The van der Waals surface area contributed by atoms with Crippen LogP contribution in [0.4, 0.5) is 0 Å². The van der Waals surface area contributed by atoms with Gasteiger partial charge in [0.15, 0.2) is 0 Å². The predicted molar refractivity (Wildman–Crippen MR) is 72.8 cm³/mol. The Morgan fingerprint density at radius 1 is 0.889 bits per heavy atom. The summed E-state index contributed by atoms with van der Waals surface area (Å²) in [6.45, 7) is 0. The summed E-state index contributed by atoms with van der Waals surface area (Å²) >= 11 is 0. The van der Waals surface area contributed by atoms with Crippen molar-refractivity contribution < 1.29 is 4.74 Å². The summed E-state index contributed by atoms with van der Waals surface area (Å²) in [7, 11) is 1.75. The fourth-order valence-electron chi connectivity index (χ4n) is 5.41. The van der Waals surface area contributed by atoms with Gasteiger partial charge in [-0.05, 0) is 79.4 Å². The van der Waals surface area contributed by atoms with Gasteiger partial charge in [-0.1, -0.05) is 12.1 Å². The normalized spacial score (nSPS) is 41.1. The Labute approximate surface area is 110 Å². The lowest BCUT2D eigenvalue weighted by Crippen LogP contribution is -2.48. The molecule has 4 aliphatic rings. The summed E-state index contributed by atoms with van der Waals surface area (Å²) in [5, 5.41) is 0. The second-order valence-electron chi connectivity index (χ2n) is 6.93. The van der Waals surface area contributed by atoms with E-state index in [-0.39, 0.29) is 0 Å². The molecule has 0 radical (unpaired) electrons. The third kappa shape index (κ3) is 1.52. The largest absolute Gasteiger partial charge is 0.497 e. The topological polar surface area (TPSA) is 9.23 Å². The van der Waals surface area contributed by atoms with Crippen molar-refractivity contribution in [3.8, 4) is 5.75 Å². The van der Waals surface area contributed by atoms with Crippen LogP contribution in [0.3, 0.4) is 0 Å². The highest BCUT2D eigenvalue weighted by Gasteiger charge is 2.51. The van der Waals surface area contributed by atoms with Gasteiger partial charge in [-0.3, -0.25) is 0 Å². The standard InChI is InChI=1S/C17H22O/c1-18-16-4-2-15(3-5-16)17-9-12-6-13(10-17)8-14(7-12)11-17/h2-5,12-14H,6-11H2,1H3. The van der Waals surface area contributed by atoms with Gasteiger partial charge < -0.3 is 4.74 Å². The minimum atomic E-state index is 0.529. The van der Waals surface area contributed by atoms with Crippen LogP contribution >= 0.6 is 0 Å². The summed E-state index contributed by atoms with van der Waals surface area (Å²) in [5.74, 6) is 4.07. The molecule has 4 bridgehead atoms. The average molecular weight is 242 g/mol. The lowest BCUT2D eigenvalue weighted by Gasteiger charge is -2.57. The first-order valence-electron chi connectivity index (χ1n) is 7.42. The number of hydrogen-bond acceptors (Lipinski definition) is 1. The smallest absolute Gasteiger partial charge is 0.118 e. The van der Waals surface area contributed by atoms with Crippen LogP contribution in [-0.2, 0) is 5.41 Å². The first-order chi connectivity index (χ1) is 8.77. The van der Waals surface area contributed by atoms with Crippen molar-refractivity contribution in [2.45, 2.75) is 43.9 Å². The summed E-state index contributed by atoms with van der Waals surface area (Å²) < 4.78 is 5.29. The fraction of sp³-hybridized carbons (Fsp3) is 0.647. The molecule has 4 aliphatic carbocycles. The van der Waals surface area contributed by atoms with Crippen molar-refractivity contribution in [2.75, 3.05) is 7.11 Å². The van der Waals surface area contributed by atoms with E-state index in [1.165, 1.54) is 38.5 Å². The molecule has 0 saturated heterocycles. The number of methoxy groups -OCH3 is 1. The first kappa shape index (κ1) is 10.9. The van der Waals surface area contributed by atoms with Gasteiger partial charge in [0.2, 0.25) is 0 Å². The van der Waals surface area contributed by atoms with E-state index in [9.17, 15) is 0 Å². The highest BCUT2D eigenvalue weighted by Crippen LogP contribution is 2.60. The fourth-order valence-corrected chi connectivity index (χ4v) is 5.41. The zero-order chi connectivity index (χ0) is 12.2. The van der Waals surface area contributed by atoms with Gasteiger partial charge in [0.05, 0.1) is 7.11 Å². The van der Waals surface area contributed by atoms with Gasteiger partial charge in [-0.25, -0.2) is 0 Å². The summed E-state index contributed by atoms with van der Waals surface area (Å²) in [6, 6.07) is 8.94. The maximum Gasteiger partial charge on any atom is 0.118 e. The van der Waals surface area contributed by atoms with E-state index in [1.807, 2.05) is 0 Å². The van der Waals surface area contributed by atoms with Crippen LogP contribution in [0.5, 0.6) is 5.75 Å². The molecule has 0 amide bonds. The van der Waals surface area contributed by atoms with Gasteiger partial charge >= 0.3 is 0 Å². The highest BCUT2D eigenvalue weighted by atomic mass is 16.5. The summed E-state index contributed by atoms with van der Waals surface area (Å²) in [4.78, 5) is 0. The van der Waals surface area contributed by atoms with Crippen LogP contribution in [0.25, 0.3) is 0 Å². The van der Waals surface area contributed by atoms with Crippen molar-refractivity contribution >= 4 is 0 Å². The van der Waals surface area contributed by atoms with Gasteiger partial charge in [0, 0.05) is 0 Å². The molecular formula is C17H22O. The minimum Gasteiger partial charge on any atom is -0.497 e. The van der Waals surface area contributed by atoms with E-state index in [0.717, 1.165) is 23.5 Å². The second kappa shape index (κ2) is 3.76. The molecule has 0 atom stereocenters. The quantitative estimate of drug-likeness (QED) is 0.756.